The number of hydrogen-bond acceptors (Lipinski definition) is 5. The van der Waals surface area contributed by atoms with E-state index in [0.717, 1.165) is 23.8 Å². The molecule has 0 saturated heterocycles. The molecule has 0 fully saturated rings. The van der Waals surface area contributed by atoms with Crippen LogP contribution in [-0.2, 0) is 16.1 Å². The van der Waals surface area contributed by atoms with Gasteiger partial charge in [-0.2, -0.15) is 0 Å². The van der Waals surface area contributed by atoms with E-state index in [0.29, 0.717) is 29.1 Å². The Balaban J connectivity index is 1.82. The van der Waals surface area contributed by atoms with Crippen molar-refractivity contribution in [2.24, 2.45) is 0 Å². The second-order valence-corrected chi connectivity index (χ2v) is 7.23. The first-order valence-electron chi connectivity index (χ1n) is 10.2. The summed E-state index contributed by atoms with van der Waals surface area (Å²) in [6.07, 6.45) is 1.73. The highest BCUT2D eigenvalue weighted by atomic mass is 16.5. The van der Waals surface area contributed by atoms with Crippen LogP contribution in [0.25, 0.3) is 10.9 Å². The second-order valence-electron chi connectivity index (χ2n) is 7.23. The van der Waals surface area contributed by atoms with Crippen LogP contribution in [-0.4, -0.2) is 30.2 Å². The van der Waals surface area contributed by atoms with Gasteiger partial charge >= 0.3 is 5.97 Å². The van der Waals surface area contributed by atoms with Crippen molar-refractivity contribution in [1.82, 2.24) is 4.57 Å². The quantitative estimate of drug-likeness (QED) is 0.439. The summed E-state index contributed by atoms with van der Waals surface area (Å²) in [6.45, 7) is 4.03. The van der Waals surface area contributed by atoms with Gasteiger partial charge in [0.1, 0.15) is 12.3 Å². The van der Waals surface area contributed by atoms with Crippen molar-refractivity contribution in [3.63, 3.8) is 0 Å². The number of nitrogens with zero attached hydrogens (tertiary/aromatic N) is 1. The van der Waals surface area contributed by atoms with Crippen LogP contribution < -0.4 is 15.6 Å². The van der Waals surface area contributed by atoms with Gasteiger partial charge in [0.15, 0.2) is 0 Å². The molecule has 2 aromatic carbocycles. The molecule has 0 aliphatic carbocycles. The Morgan fingerprint density at radius 2 is 1.87 bits per heavy atom. The number of hydrogen-bond donors (Lipinski definition) is 1. The van der Waals surface area contributed by atoms with Gasteiger partial charge < -0.3 is 14.8 Å². The van der Waals surface area contributed by atoms with Crippen molar-refractivity contribution < 1.29 is 19.1 Å². The summed E-state index contributed by atoms with van der Waals surface area (Å²) >= 11 is 0. The molecule has 0 aliphatic heterocycles. The summed E-state index contributed by atoms with van der Waals surface area (Å²) in [5.74, 6) is -0.312. The number of carbonyl (C=O) groups is 2. The third-order valence-corrected chi connectivity index (χ3v) is 4.93. The summed E-state index contributed by atoms with van der Waals surface area (Å²) in [6, 6.07) is 13.5. The minimum Gasteiger partial charge on any atom is -0.495 e. The maximum Gasteiger partial charge on any atom is 0.338 e. The number of esters is 1. The molecule has 3 aromatic rings. The average molecular weight is 422 g/mol. The first-order chi connectivity index (χ1) is 14.9. The van der Waals surface area contributed by atoms with E-state index >= 15 is 0 Å². The maximum atomic E-state index is 12.7. The molecular formula is C24H26N2O5. The fourth-order valence-corrected chi connectivity index (χ4v) is 3.35. The zero-order valence-corrected chi connectivity index (χ0v) is 17.9. The highest BCUT2D eigenvalue weighted by Gasteiger charge is 2.15. The standard InChI is InChI=1S/C24H26N2O5/c1-4-5-12-31-24(29)17-8-6-9-18(14-17)25-21(27)15-26-22(28)13-16(2)19-10-7-11-20(30-3)23(19)26/h6-11,13-14H,4-5,12,15H2,1-3H3,(H,25,27). The zero-order valence-electron chi connectivity index (χ0n) is 17.9. The van der Waals surface area contributed by atoms with Crippen LogP contribution in [0.1, 0.15) is 35.7 Å². The Kier molecular flexibility index (Phi) is 7.07. The molecule has 31 heavy (non-hydrogen) atoms. The van der Waals surface area contributed by atoms with E-state index in [1.807, 2.05) is 26.0 Å². The van der Waals surface area contributed by atoms with Gasteiger partial charge in [0.2, 0.25) is 5.91 Å². The first kappa shape index (κ1) is 22.1. The number of anilines is 1. The van der Waals surface area contributed by atoms with E-state index < -0.39 is 11.9 Å². The Morgan fingerprint density at radius 3 is 2.61 bits per heavy atom. The normalized spacial score (nSPS) is 10.7. The van der Waals surface area contributed by atoms with Gasteiger partial charge in [-0.3, -0.25) is 14.2 Å². The number of aromatic nitrogens is 1. The maximum absolute atomic E-state index is 12.7. The summed E-state index contributed by atoms with van der Waals surface area (Å²) in [5, 5.41) is 3.59. The average Bonchev–Trinajstić information content (AvgIpc) is 2.76. The topological polar surface area (TPSA) is 86.6 Å². The highest BCUT2D eigenvalue weighted by molar-refractivity contribution is 5.95. The minimum absolute atomic E-state index is 0.193. The van der Waals surface area contributed by atoms with E-state index in [-0.39, 0.29) is 12.1 Å². The molecular weight excluding hydrogens is 396 g/mol. The number of aryl methyl sites for hydroxylation is 1. The lowest BCUT2D eigenvalue weighted by molar-refractivity contribution is -0.116. The van der Waals surface area contributed by atoms with Gasteiger partial charge in [0.25, 0.3) is 5.56 Å². The number of amides is 1. The van der Waals surface area contributed by atoms with Crippen LogP contribution in [0.4, 0.5) is 5.69 Å². The van der Waals surface area contributed by atoms with Gasteiger partial charge in [-0.05, 0) is 43.2 Å². The van der Waals surface area contributed by atoms with E-state index in [1.54, 1.807) is 30.3 Å². The summed E-state index contributed by atoms with van der Waals surface area (Å²) < 4.78 is 12.0. The Hall–Kier alpha value is -3.61. The lowest BCUT2D eigenvalue weighted by Gasteiger charge is -2.15. The molecule has 0 saturated carbocycles. The molecule has 1 amide bonds. The van der Waals surface area contributed by atoms with Gasteiger partial charge in [-0.1, -0.05) is 31.5 Å². The molecule has 162 valence electrons. The van der Waals surface area contributed by atoms with E-state index in [4.69, 9.17) is 9.47 Å². The molecule has 0 unspecified atom stereocenters. The fourth-order valence-electron chi connectivity index (χ4n) is 3.35. The molecule has 0 aliphatic rings. The molecule has 7 heteroatoms. The summed E-state index contributed by atoms with van der Waals surface area (Å²) in [7, 11) is 1.52. The van der Waals surface area contributed by atoms with Crippen LogP contribution in [0.2, 0.25) is 0 Å². The number of unbranched alkanes of at least 4 members (excludes halogenated alkanes) is 1. The minimum atomic E-state index is -0.435. The smallest absolute Gasteiger partial charge is 0.338 e. The Labute approximate surface area is 180 Å². The number of pyridine rings is 1. The van der Waals surface area contributed by atoms with Gasteiger partial charge in [-0.25, -0.2) is 4.79 Å². The predicted octanol–water partition coefficient (Wildman–Crippen LogP) is 3.91. The number of nitrogens with one attached hydrogen (secondary N) is 1. The molecule has 1 N–H and O–H groups in total. The Bertz CT molecular complexity index is 1170. The molecule has 0 radical (unpaired) electrons. The van der Waals surface area contributed by atoms with Crippen LogP contribution in [0.5, 0.6) is 5.75 Å². The number of benzene rings is 2. The van der Waals surface area contributed by atoms with E-state index in [9.17, 15) is 14.4 Å². The Morgan fingerprint density at radius 1 is 1.10 bits per heavy atom. The van der Waals surface area contributed by atoms with Crippen molar-refractivity contribution in [1.29, 1.82) is 0 Å². The lowest BCUT2D eigenvalue weighted by atomic mass is 10.1. The number of methoxy groups -OCH3 is 1. The van der Waals surface area contributed by atoms with E-state index in [2.05, 4.69) is 5.32 Å². The second kappa shape index (κ2) is 9.93. The fraction of sp³-hybridized carbons (Fsp3) is 0.292. The number of ether oxygens (including phenoxy) is 2. The lowest BCUT2D eigenvalue weighted by Crippen LogP contribution is -2.28. The van der Waals surface area contributed by atoms with Crippen molar-refractivity contribution >= 4 is 28.5 Å². The van der Waals surface area contributed by atoms with Crippen molar-refractivity contribution in [3.8, 4) is 5.75 Å². The molecule has 0 spiro atoms. The zero-order chi connectivity index (χ0) is 22.4. The van der Waals surface area contributed by atoms with Crippen LogP contribution in [0.15, 0.2) is 53.3 Å². The van der Waals surface area contributed by atoms with E-state index in [1.165, 1.54) is 17.7 Å². The first-order valence-corrected chi connectivity index (χ1v) is 10.2. The third-order valence-electron chi connectivity index (χ3n) is 4.93. The SMILES string of the molecule is CCCCOC(=O)c1cccc(NC(=O)Cn2c(=O)cc(C)c3cccc(OC)c32)c1. The molecule has 7 nitrogen and oxygen atoms in total. The molecule has 1 heterocycles. The number of carbonyl (C=O) groups excluding carboxylic acids is 2. The summed E-state index contributed by atoms with van der Waals surface area (Å²) in [5.41, 5.74) is 1.89. The number of fused-ring (bicyclic) bond motifs is 1. The monoisotopic (exact) mass is 422 g/mol. The molecule has 0 bridgehead atoms. The van der Waals surface area contributed by atoms with Crippen LogP contribution in [0.3, 0.4) is 0 Å². The van der Waals surface area contributed by atoms with Gasteiger partial charge in [0.05, 0.1) is 24.8 Å². The highest BCUT2D eigenvalue weighted by Crippen LogP contribution is 2.26. The molecule has 1 aromatic heterocycles. The third kappa shape index (κ3) is 5.12. The van der Waals surface area contributed by atoms with Crippen LogP contribution >= 0.6 is 0 Å². The van der Waals surface area contributed by atoms with Crippen molar-refractivity contribution in [3.05, 3.63) is 70.0 Å². The predicted molar refractivity (Wildman–Crippen MR) is 120 cm³/mol. The summed E-state index contributed by atoms with van der Waals surface area (Å²) in [4.78, 5) is 37.5. The van der Waals surface area contributed by atoms with Crippen LogP contribution in [0, 0.1) is 6.92 Å². The van der Waals surface area contributed by atoms with Gasteiger partial charge in [-0.15, -0.1) is 0 Å². The number of para-hydroxylation sites is 1. The van der Waals surface area contributed by atoms with Gasteiger partial charge in [0, 0.05) is 17.1 Å². The van der Waals surface area contributed by atoms with Crippen molar-refractivity contribution in [2.45, 2.75) is 33.2 Å². The van der Waals surface area contributed by atoms with Crippen molar-refractivity contribution in [2.75, 3.05) is 19.0 Å². The largest absolute Gasteiger partial charge is 0.495 e. The molecule has 0 atom stereocenters. The molecule has 3 rings (SSSR count). The number of rotatable bonds is 8.